The summed E-state index contributed by atoms with van der Waals surface area (Å²) < 4.78 is 11.1. The fraction of sp³-hybridized carbons (Fsp3) is 0.379. The van der Waals surface area contributed by atoms with Gasteiger partial charge in [0.1, 0.15) is 16.9 Å². The second-order valence-corrected chi connectivity index (χ2v) is 9.95. The molecule has 2 amide bonds. The van der Waals surface area contributed by atoms with Gasteiger partial charge in [0.15, 0.2) is 11.5 Å². The number of hydrogen-bond acceptors (Lipinski definition) is 7. The highest BCUT2D eigenvalue weighted by atomic mass is 16.5. The number of methoxy groups -OCH3 is 1. The number of nitriles is 1. The molecule has 1 saturated carbocycles. The van der Waals surface area contributed by atoms with Crippen molar-refractivity contribution in [3.63, 3.8) is 0 Å². The van der Waals surface area contributed by atoms with Crippen molar-refractivity contribution in [1.82, 2.24) is 10.6 Å². The van der Waals surface area contributed by atoms with Crippen molar-refractivity contribution in [3.05, 3.63) is 59.9 Å². The van der Waals surface area contributed by atoms with Crippen LogP contribution in [-0.4, -0.2) is 49.4 Å². The van der Waals surface area contributed by atoms with E-state index in [1.165, 1.54) is 0 Å². The van der Waals surface area contributed by atoms with E-state index >= 15 is 0 Å². The van der Waals surface area contributed by atoms with Crippen LogP contribution in [0.4, 0.5) is 5.69 Å². The zero-order chi connectivity index (χ0) is 26.7. The number of amides is 2. The molecule has 0 spiro atoms. The number of ketones is 1. The summed E-state index contributed by atoms with van der Waals surface area (Å²) in [4.78, 5) is 41.8. The lowest BCUT2D eigenvalue weighted by Gasteiger charge is -2.39. The lowest BCUT2D eigenvalue weighted by molar-refractivity contribution is -0.133. The standard InChI is InChI=1S/C29H30N4O5/c1-37-25-10-9-19(17-30)15-22(25)33-14-11-21(23(34)18-33)31-28(36)29(12-5-2-6-13-29)32-27(35)26-16-20-7-3-4-8-24(20)38-26/h3-4,7-10,15-16,21H,2,5-6,11-14,18H2,1H3,(H,31,36)(H,32,35). The average Bonchev–Trinajstić information content (AvgIpc) is 3.39. The van der Waals surface area contributed by atoms with Gasteiger partial charge < -0.3 is 24.7 Å². The van der Waals surface area contributed by atoms with Gasteiger partial charge in [0.2, 0.25) is 5.91 Å². The van der Waals surface area contributed by atoms with Gasteiger partial charge in [-0.25, -0.2) is 0 Å². The minimum atomic E-state index is -1.10. The van der Waals surface area contributed by atoms with E-state index in [2.05, 4.69) is 16.7 Å². The molecule has 2 N–H and O–H groups in total. The number of benzene rings is 2. The summed E-state index contributed by atoms with van der Waals surface area (Å²) >= 11 is 0. The van der Waals surface area contributed by atoms with Gasteiger partial charge in [-0.05, 0) is 49.6 Å². The molecule has 196 valence electrons. The molecule has 1 saturated heterocycles. The second-order valence-electron chi connectivity index (χ2n) is 9.95. The van der Waals surface area contributed by atoms with Crippen molar-refractivity contribution in [2.24, 2.45) is 0 Å². The number of hydrogen-bond donors (Lipinski definition) is 2. The van der Waals surface area contributed by atoms with Gasteiger partial charge in [-0.3, -0.25) is 14.4 Å². The highest BCUT2D eigenvalue weighted by Crippen LogP contribution is 2.32. The first-order valence-electron chi connectivity index (χ1n) is 12.9. The molecule has 38 heavy (non-hydrogen) atoms. The van der Waals surface area contributed by atoms with Gasteiger partial charge in [0.25, 0.3) is 5.91 Å². The molecule has 0 radical (unpaired) electrons. The number of ether oxygens (including phenoxy) is 1. The molecular formula is C29H30N4O5. The summed E-state index contributed by atoms with van der Waals surface area (Å²) in [6.07, 6.45) is 3.98. The third kappa shape index (κ3) is 4.94. The molecule has 1 aromatic heterocycles. The van der Waals surface area contributed by atoms with Gasteiger partial charge in [0, 0.05) is 11.9 Å². The van der Waals surface area contributed by atoms with Gasteiger partial charge in [-0.2, -0.15) is 5.26 Å². The first kappa shape index (κ1) is 25.3. The van der Waals surface area contributed by atoms with E-state index in [0.717, 1.165) is 24.6 Å². The Kier molecular flexibility index (Phi) is 7.05. The largest absolute Gasteiger partial charge is 0.495 e. The Morgan fingerprint density at radius 2 is 1.92 bits per heavy atom. The predicted molar refractivity (Wildman–Crippen MR) is 141 cm³/mol. The smallest absolute Gasteiger partial charge is 0.287 e. The molecule has 1 aliphatic heterocycles. The minimum Gasteiger partial charge on any atom is -0.495 e. The van der Waals surface area contributed by atoms with Gasteiger partial charge in [-0.1, -0.05) is 37.5 Å². The van der Waals surface area contributed by atoms with E-state index in [0.29, 0.717) is 48.4 Å². The van der Waals surface area contributed by atoms with E-state index in [1.807, 2.05) is 23.1 Å². The fourth-order valence-corrected chi connectivity index (χ4v) is 5.42. The monoisotopic (exact) mass is 514 g/mol. The van der Waals surface area contributed by atoms with E-state index < -0.39 is 17.5 Å². The molecule has 1 aliphatic carbocycles. The van der Waals surface area contributed by atoms with Crippen LogP contribution in [-0.2, 0) is 9.59 Å². The van der Waals surface area contributed by atoms with Crippen LogP contribution in [0.1, 0.15) is 54.6 Å². The summed E-state index contributed by atoms with van der Waals surface area (Å²) in [5.74, 6) is -0.180. The predicted octanol–water partition coefficient (Wildman–Crippen LogP) is 3.71. The molecular weight excluding hydrogens is 484 g/mol. The molecule has 9 heteroatoms. The number of nitrogens with one attached hydrogen (secondary N) is 2. The number of Topliss-reactive ketones (excluding diaryl/α,β-unsaturated/α-hetero) is 1. The normalized spacial score (nSPS) is 19.0. The molecule has 2 heterocycles. The number of fused-ring (bicyclic) bond motifs is 1. The minimum absolute atomic E-state index is 0.0779. The number of piperidine rings is 1. The Morgan fingerprint density at radius 1 is 1.13 bits per heavy atom. The molecule has 5 rings (SSSR count). The molecule has 3 aromatic rings. The topological polar surface area (TPSA) is 125 Å². The Balaban J connectivity index is 1.29. The molecule has 2 aliphatic rings. The van der Waals surface area contributed by atoms with Crippen molar-refractivity contribution in [3.8, 4) is 11.8 Å². The van der Waals surface area contributed by atoms with Crippen molar-refractivity contribution in [2.75, 3.05) is 25.1 Å². The SMILES string of the molecule is COc1ccc(C#N)cc1N1CCC(NC(=O)C2(NC(=O)c3cc4ccccc4o3)CCCCC2)C(=O)C1. The second kappa shape index (κ2) is 10.6. The summed E-state index contributed by atoms with van der Waals surface area (Å²) in [5.41, 5.74) is 0.652. The van der Waals surface area contributed by atoms with E-state index in [-0.39, 0.29) is 24.0 Å². The average molecular weight is 515 g/mol. The van der Waals surface area contributed by atoms with Crippen molar-refractivity contribution < 1.29 is 23.5 Å². The number of para-hydroxylation sites is 1. The van der Waals surface area contributed by atoms with Crippen LogP contribution in [0.25, 0.3) is 11.0 Å². The maximum Gasteiger partial charge on any atom is 0.287 e. The summed E-state index contributed by atoms with van der Waals surface area (Å²) in [7, 11) is 1.54. The summed E-state index contributed by atoms with van der Waals surface area (Å²) in [6.45, 7) is 0.578. The summed E-state index contributed by atoms with van der Waals surface area (Å²) in [5, 5.41) is 16.0. The van der Waals surface area contributed by atoms with Crippen LogP contribution in [0, 0.1) is 11.3 Å². The van der Waals surface area contributed by atoms with Gasteiger partial charge in [0.05, 0.1) is 37.0 Å². The molecule has 1 atom stereocenters. The number of anilines is 1. The number of carbonyl (C=O) groups is 3. The Hall–Kier alpha value is -4.32. The Bertz CT molecular complexity index is 1380. The quantitative estimate of drug-likeness (QED) is 0.514. The summed E-state index contributed by atoms with van der Waals surface area (Å²) in [6, 6.07) is 15.6. The highest BCUT2D eigenvalue weighted by Gasteiger charge is 2.43. The lowest BCUT2D eigenvalue weighted by Crippen LogP contribution is -2.63. The molecule has 2 fully saturated rings. The highest BCUT2D eigenvalue weighted by molar-refractivity contribution is 6.01. The van der Waals surface area contributed by atoms with Crippen molar-refractivity contribution in [2.45, 2.75) is 50.1 Å². The van der Waals surface area contributed by atoms with Crippen molar-refractivity contribution >= 4 is 34.3 Å². The third-order valence-corrected chi connectivity index (χ3v) is 7.52. The van der Waals surface area contributed by atoms with E-state index in [4.69, 9.17) is 9.15 Å². The molecule has 9 nitrogen and oxygen atoms in total. The molecule has 1 unspecified atom stereocenters. The molecule has 0 bridgehead atoms. The van der Waals surface area contributed by atoms with Crippen LogP contribution < -0.4 is 20.3 Å². The number of rotatable bonds is 6. The number of furan rings is 1. The van der Waals surface area contributed by atoms with Crippen LogP contribution in [0.5, 0.6) is 5.75 Å². The van der Waals surface area contributed by atoms with Crippen molar-refractivity contribution in [1.29, 1.82) is 5.26 Å². The van der Waals surface area contributed by atoms with Crippen LogP contribution in [0.2, 0.25) is 0 Å². The van der Waals surface area contributed by atoms with Crippen LogP contribution >= 0.6 is 0 Å². The fourth-order valence-electron chi connectivity index (χ4n) is 5.42. The lowest BCUT2D eigenvalue weighted by atomic mass is 9.80. The Morgan fingerprint density at radius 3 is 2.63 bits per heavy atom. The maximum atomic E-state index is 13.6. The maximum absolute atomic E-state index is 13.6. The van der Waals surface area contributed by atoms with Gasteiger partial charge >= 0.3 is 0 Å². The third-order valence-electron chi connectivity index (χ3n) is 7.52. The zero-order valence-electron chi connectivity index (χ0n) is 21.3. The van der Waals surface area contributed by atoms with Crippen LogP contribution in [0.15, 0.2) is 52.9 Å². The first-order chi connectivity index (χ1) is 18.4. The zero-order valence-corrected chi connectivity index (χ0v) is 21.3. The Labute approximate surface area is 220 Å². The number of nitrogens with zero attached hydrogens (tertiary/aromatic N) is 2. The van der Waals surface area contributed by atoms with E-state index in [9.17, 15) is 19.6 Å². The van der Waals surface area contributed by atoms with E-state index in [1.54, 1.807) is 37.4 Å². The molecule has 2 aromatic carbocycles. The van der Waals surface area contributed by atoms with Crippen LogP contribution in [0.3, 0.4) is 0 Å². The number of carbonyl (C=O) groups excluding carboxylic acids is 3. The first-order valence-corrected chi connectivity index (χ1v) is 12.9. The van der Waals surface area contributed by atoms with Gasteiger partial charge in [-0.15, -0.1) is 0 Å².